The Morgan fingerprint density at radius 1 is 1.18 bits per heavy atom. The van der Waals surface area contributed by atoms with E-state index in [9.17, 15) is 17.6 Å². The van der Waals surface area contributed by atoms with Gasteiger partial charge in [0, 0.05) is 18.7 Å². The molecule has 1 amide bonds. The second-order valence-corrected chi connectivity index (χ2v) is 9.04. The van der Waals surface area contributed by atoms with Crippen LogP contribution in [0.5, 0.6) is 5.75 Å². The van der Waals surface area contributed by atoms with E-state index in [1.54, 1.807) is 6.92 Å². The first-order chi connectivity index (χ1) is 15.8. The fraction of sp³-hybridized carbons (Fsp3) is 0.300. The molecule has 33 heavy (non-hydrogen) atoms. The van der Waals surface area contributed by atoms with Crippen molar-refractivity contribution < 1.29 is 27.1 Å². The Balaban J connectivity index is 1.64. The standard InChI is InChI=1S/C20H21FN6O5S/c1-13-23-24-25-27(13)15-4-5-16(21)17(12-15)22-20(28)14-3-6-18(31-2)19(11-14)33(29,30)26-7-9-32-10-8-26/h3-6,11-12H,7-10H2,1-2H3,(H,22,28). The summed E-state index contributed by atoms with van der Waals surface area (Å²) >= 11 is 0. The third-order valence-electron chi connectivity index (χ3n) is 5.08. The topological polar surface area (TPSA) is 129 Å². The summed E-state index contributed by atoms with van der Waals surface area (Å²) < 4.78 is 53.8. The molecule has 1 aliphatic rings. The quantitative estimate of drug-likeness (QED) is 0.565. The van der Waals surface area contributed by atoms with Crippen LogP contribution in [0.3, 0.4) is 0 Å². The number of nitrogens with one attached hydrogen (secondary N) is 1. The van der Waals surface area contributed by atoms with E-state index < -0.39 is 21.7 Å². The van der Waals surface area contributed by atoms with E-state index in [1.807, 2.05) is 0 Å². The maximum atomic E-state index is 14.4. The molecule has 174 valence electrons. The molecule has 1 aliphatic heterocycles. The number of ether oxygens (including phenoxy) is 2. The molecule has 3 aromatic rings. The van der Waals surface area contributed by atoms with Gasteiger partial charge >= 0.3 is 0 Å². The molecule has 0 bridgehead atoms. The van der Waals surface area contributed by atoms with Crippen molar-refractivity contribution in [1.29, 1.82) is 0 Å². The Hall–Kier alpha value is -3.42. The van der Waals surface area contributed by atoms with Crippen molar-refractivity contribution in [2.24, 2.45) is 0 Å². The highest BCUT2D eigenvalue weighted by molar-refractivity contribution is 7.89. The lowest BCUT2D eigenvalue weighted by atomic mass is 10.2. The monoisotopic (exact) mass is 476 g/mol. The van der Waals surface area contributed by atoms with Crippen LogP contribution in [0.25, 0.3) is 5.69 Å². The SMILES string of the molecule is COc1ccc(C(=O)Nc2cc(-n3nnnc3C)ccc2F)cc1S(=O)(=O)N1CCOCC1. The molecular formula is C20H21FN6O5S. The van der Waals surface area contributed by atoms with Crippen molar-refractivity contribution >= 4 is 21.6 Å². The second-order valence-electron chi connectivity index (χ2n) is 7.14. The Labute approximate surface area is 189 Å². The first-order valence-corrected chi connectivity index (χ1v) is 11.4. The van der Waals surface area contributed by atoms with E-state index in [-0.39, 0.29) is 48.2 Å². The van der Waals surface area contributed by atoms with E-state index in [2.05, 4.69) is 20.8 Å². The van der Waals surface area contributed by atoms with Crippen LogP contribution in [0.15, 0.2) is 41.3 Å². The lowest BCUT2D eigenvalue weighted by Gasteiger charge is -2.26. The van der Waals surface area contributed by atoms with Crippen molar-refractivity contribution in [2.45, 2.75) is 11.8 Å². The molecule has 1 N–H and O–H groups in total. The molecule has 2 heterocycles. The number of methoxy groups -OCH3 is 1. The van der Waals surface area contributed by atoms with Crippen molar-refractivity contribution in [1.82, 2.24) is 24.5 Å². The van der Waals surface area contributed by atoms with Crippen LogP contribution in [0, 0.1) is 12.7 Å². The highest BCUT2D eigenvalue weighted by atomic mass is 32.2. The fourth-order valence-corrected chi connectivity index (χ4v) is 4.94. The van der Waals surface area contributed by atoms with Gasteiger partial charge in [0.25, 0.3) is 5.91 Å². The van der Waals surface area contributed by atoms with E-state index in [0.29, 0.717) is 11.5 Å². The summed E-state index contributed by atoms with van der Waals surface area (Å²) in [5, 5.41) is 13.6. The van der Waals surface area contributed by atoms with Crippen LogP contribution in [-0.2, 0) is 14.8 Å². The molecule has 0 radical (unpaired) electrons. The fourth-order valence-electron chi connectivity index (χ4n) is 3.35. The number of aryl methyl sites for hydroxylation is 1. The average molecular weight is 476 g/mol. The Bertz CT molecular complexity index is 1290. The van der Waals surface area contributed by atoms with Gasteiger partial charge in [0.05, 0.1) is 31.7 Å². The van der Waals surface area contributed by atoms with Crippen molar-refractivity contribution in [3.05, 3.63) is 53.6 Å². The third kappa shape index (κ3) is 4.55. The van der Waals surface area contributed by atoms with Gasteiger partial charge in [-0.2, -0.15) is 8.99 Å². The van der Waals surface area contributed by atoms with Gasteiger partial charge in [-0.05, 0) is 53.7 Å². The number of carbonyl (C=O) groups is 1. The molecule has 0 unspecified atom stereocenters. The van der Waals surface area contributed by atoms with E-state index in [0.717, 1.165) is 0 Å². The zero-order valence-corrected chi connectivity index (χ0v) is 18.7. The molecule has 1 saturated heterocycles. The Morgan fingerprint density at radius 3 is 2.61 bits per heavy atom. The molecule has 0 spiro atoms. The molecule has 0 aliphatic carbocycles. The highest BCUT2D eigenvalue weighted by Gasteiger charge is 2.30. The van der Waals surface area contributed by atoms with E-state index >= 15 is 0 Å². The first kappa shape index (κ1) is 22.8. The minimum absolute atomic E-state index is 0.0195. The molecule has 2 aromatic carbocycles. The number of nitrogens with zero attached hydrogens (tertiary/aromatic N) is 5. The molecule has 1 fully saturated rings. The molecule has 4 rings (SSSR count). The number of sulfonamides is 1. The van der Waals surface area contributed by atoms with Crippen molar-refractivity contribution in [3.63, 3.8) is 0 Å². The summed E-state index contributed by atoms with van der Waals surface area (Å²) in [6.45, 7) is 2.61. The number of halogens is 1. The summed E-state index contributed by atoms with van der Waals surface area (Å²) in [7, 11) is -2.59. The van der Waals surface area contributed by atoms with Crippen molar-refractivity contribution in [3.8, 4) is 11.4 Å². The van der Waals surface area contributed by atoms with Crippen LogP contribution >= 0.6 is 0 Å². The zero-order chi connectivity index (χ0) is 23.6. The van der Waals surface area contributed by atoms with E-state index in [1.165, 1.54) is 52.5 Å². The second kappa shape index (κ2) is 9.21. The number of hydrogen-bond acceptors (Lipinski definition) is 8. The van der Waals surface area contributed by atoms with E-state index in [4.69, 9.17) is 9.47 Å². The molecule has 13 heteroatoms. The van der Waals surface area contributed by atoms with Crippen LogP contribution in [0.1, 0.15) is 16.2 Å². The normalized spacial score (nSPS) is 14.8. The van der Waals surface area contributed by atoms with Gasteiger partial charge in [0.1, 0.15) is 16.5 Å². The van der Waals surface area contributed by atoms with Gasteiger partial charge in [-0.3, -0.25) is 4.79 Å². The molecular weight excluding hydrogens is 455 g/mol. The summed E-state index contributed by atoms with van der Waals surface area (Å²) in [4.78, 5) is 12.7. The molecule has 11 nitrogen and oxygen atoms in total. The summed E-state index contributed by atoms with van der Waals surface area (Å²) in [6.07, 6.45) is 0. The van der Waals surface area contributed by atoms with Gasteiger partial charge in [0.15, 0.2) is 5.82 Å². The van der Waals surface area contributed by atoms with Gasteiger partial charge in [-0.25, -0.2) is 12.8 Å². The number of morpholine rings is 1. The number of tetrazole rings is 1. The summed E-state index contributed by atoms with van der Waals surface area (Å²) in [5.74, 6) is -0.791. The zero-order valence-electron chi connectivity index (χ0n) is 17.9. The summed E-state index contributed by atoms with van der Waals surface area (Å²) in [6, 6.07) is 8.03. The van der Waals surface area contributed by atoms with Crippen LogP contribution in [0.2, 0.25) is 0 Å². The Kier molecular flexibility index (Phi) is 6.35. The number of benzene rings is 2. The lowest BCUT2D eigenvalue weighted by molar-refractivity contribution is 0.0729. The minimum atomic E-state index is -3.93. The predicted molar refractivity (Wildman–Crippen MR) is 114 cm³/mol. The molecule has 0 atom stereocenters. The number of rotatable bonds is 6. The van der Waals surface area contributed by atoms with Gasteiger partial charge in [-0.15, -0.1) is 5.10 Å². The van der Waals surface area contributed by atoms with Gasteiger partial charge in [-0.1, -0.05) is 0 Å². The van der Waals surface area contributed by atoms with Crippen LogP contribution < -0.4 is 10.1 Å². The lowest BCUT2D eigenvalue weighted by Crippen LogP contribution is -2.40. The number of amides is 1. The first-order valence-electron chi connectivity index (χ1n) is 9.93. The maximum absolute atomic E-state index is 14.4. The number of anilines is 1. The molecule has 0 saturated carbocycles. The van der Waals surface area contributed by atoms with Crippen LogP contribution in [-0.4, -0.2) is 72.3 Å². The average Bonchev–Trinajstić information content (AvgIpc) is 3.26. The highest BCUT2D eigenvalue weighted by Crippen LogP contribution is 2.29. The van der Waals surface area contributed by atoms with Gasteiger partial charge < -0.3 is 14.8 Å². The smallest absolute Gasteiger partial charge is 0.255 e. The van der Waals surface area contributed by atoms with Gasteiger partial charge in [0.2, 0.25) is 10.0 Å². The Morgan fingerprint density at radius 2 is 1.94 bits per heavy atom. The number of aromatic nitrogens is 4. The maximum Gasteiger partial charge on any atom is 0.255 e. The van der Waals surface area contributed by atoms with Crippen molar-refractivity contribution in [2.75, 3.05) is 38.7 Å². The van der Waals surface area contributed by atoms with Crippen LogP contribution in [0.4, 0.5) is 10.1 Å². The number of carbonyl (C=O) groups excluding carboxylic acids is 1. The summed E-state index contributed by atoms with van der Waals surface area (Å²) in [5.41, 5.74) is 0.353. The third-order valence-corrected chi connectivity index (χ3v) is 7.00. The minimum Gasteiger partial charge on any atom is -0.495 e. The molecule has 1 aromatic heterocycles. The number of hydrogen-bond donors (Lipinski definition) is 1. The predicted octanol–water partition coefficient (Wildman–Crippen LogP) is 1.39. The largest absolute Gasteiger partial charge is 0.495 e.